The highest BCUT2D eigenvalue weighted by Gasteiger charge is 2.08. The fraction of sp³-hybridized carbons (Fsp3) is 0.357. The largest absolute Gasteiger partial charge is 0.427 e. The summed E-state index contributed by atoms with van der Waals surface area (Å²) in [6.45, 7) is 1.91. The highest BCUT2D eigenvalue weighted by atomic mass is 35.5. The summed E-state index contributed by atoms with van der Waals surface area (Å²) in [5, 5.41) is 3.91. The van der Waals surface area contributed by atoms with Crippen LogP contribution >= 0.6 is 11.6 Å². The lowest BCUT2D eigenvalue weighted by Crippen LogP contribution is -2.22. The van der Waals surface area contributed by atoms with Crippen molar-refractivity contribution < 1.29 is 9.53 Å². The summed E-state index contributed by atoms with van der Waals surface area (Å²) in [5.41, 5.74) is 1.29. The summed E-state index contributed by atoms with van der Waals surface area (Å²) in [5.74, 6) is 0.337. The van der Waals surface area contributed by atoms with Crippen LogP contribution in [0.4, 0.5) is 0 Å². The summed E-state index contributed by atoms with van der Waals surface area (Å²) >= 11 is 5.76. The van der Waals surface area contributed by atoms with Crippen LogP contribution in [0.5, 0.6) is 5.75 Å². The predicted molar refractivity (Wildman–Crippen MR) is 71.9 cm³/mol. The minimum atomic E-state index is -0.205. The molecule has 0 aliphatic carbocycles. The van der Waals surface area contributed by atoms with Gasteiger partial charge in [-0.25, -0.2) is 0 Å². The number of hydrogen-bond acceptors (Lipinski definition) is 3. The van der Waals surface area contributed by atoms with E-state index in [1.165, 1.54) is 5.57 Å². The molecule has 0 atom stereocenters. The lowest BCUT2D eigenvalue weighted by atomic mass is 10.1. The summed E-state index contributed by atoms with van der Waals surface area (Å²) in [6, 6.07) is 6.80. The number of rotatable bonds is 4. The lowest BCUT2D eigenvalue weighted by molar-refractivity contribution is -0.134. The molecule has 4 heteroatoms. The normalized spacial score (nSPS) is 15.1. The predicted octanol–water partition coefficient (Wildman–Crippen LogP) is 2.95. The molecule has 0 radical (unpaired) electrons. The number of hydrogen-bond donors (Lipinski definition) is 1. The molecule has 0 amide bonds. The van der Waals surface area contributed by atoms with E-state index in [2.05, 4.69) is 11.4 Å². The van der Waals surface area contributed by atoms with E-state index in [0.29, 0.717) is 17.2 Å². The zero-order valence-electron chi connectivity index (χ0n) is 10.1. The molecule has 1 aromatic rings. The van der Waals surface area contributed by atoms with Gasteiger partial charge in [-0.3, -0.25) is 4.79 Å². The zero-order valence-corrected chi connectivity index (χ0v) is 10.9. The van der Waals surface area contributed by atoms with Crippen molar-refractivity contribution >= 4 is 17.6 Å². The smallest absolute Gasteiger partial charge is 0.311 e. The molecule has 0 spiro atoms. The first-order valence-electron chi connectivity index (χ1n) is 6.09. The molecule has 18 heavy (non-hydrogen) atoms. The van der Waals surface area contributed by atoms with Crippen LogP contribution in [0.25, 0.3) is 0 Å². The third-order valence-corrected chi connectivity index (χ3v) is 3.05. The average molecular weight is 266 g/mol. The minimum Gasteiger partial charge on any atom is -0.427 e. The zero-order chi connectivity index (χ0) is 12.8. The number of carbonyl (C=O) groups is 1. The van der Waals surface area contributed by atoms with E-state index in [1.807, 2.05) is 0 Å². The van der Waals surface area contributed by atoms with Gasteiger partial charge >= 0.3 is 5.97 Å². The van der Waals surface area contributed by atoms with Gasteiger partial charge in [0.2, 0.25) is 0 Å². The van der Waals surface area contributed by atoms with Gasteiger partial charge < -0.3 is 10.1 Å². The molecule has 0 aromatic heterocycles. The van der Waals surface area contributed by atoms with E-state index in [4.69, 9.17) is 16.3 Å². The second kappa shape index (κ2) is 6.57. The maximum Gasteiger partial charge on any atom is 0.311 e. The quantitative estimate of drug-likeness (QED) is 0.517. The number of nitrogens with one attached hydrogen (secondary N) is 1. The first-order valence-corrected chi connectivity index (χ1v) is 6.47. The van der Waals surface area contributed by atoms with E-state index in [9.17, 15) is 4.79 Å². The third-order valence-electron chi connectivity index (χ3n) is 2.80. The number of ether oxygens (including phenoxy) is 1. The Morgan fingerprint density at radius 2 is 2.11 bits per heavy atom. The molecular formula is C14H16ClNO2. The fourth-order valence-electron chi connectivity index (χ4n) is 1.84. The highest BCUT2D eigenvalue weighted by Crippen LogP contribution is 2.17. The Morgan fingerprint density at radius 1 is 1.33 bits per heavy atom. The molecular weight excluding hydrogens is 250 g/mol. The summed E-state index contributed by atoms with van der Waals surface area (Å²) in [7, 11) is 0. The lowest BCUT2D eigenvalue weighted by Gasteiger charge is -2.13. The first-order chi connectivity index (χ1) is 8.74. The highest BCUT2D eigenvalue weighted by molar-refractivity contribution is 6.30. The standard InChI is InChI=1S/C14H16ClNO2/c15-12-4-6-13(7-5-12)18-14(17)8-3-11-2-1-9-16-10-11/h2,4-7,16H,1,3,8-10H2. The van der Waals surface area contributed by atoms with E-state index < -0.39 is 0 Å². The summed E-state index contributed by atoms with van der Waals surface area (Å²) < 4.78 is 5.22. The van der Waals surface area contributed by atoms with Crippen LogP contribution in [-0.2, 0) is 4.79 Å². The van der Waals surface area contributed by atoms with Gasteiger partial charge in [-0.15, -0.1) is 0 Å². The van der Waals surface area contributed by atoms with Crippen molar-refractivity contribution in [1.82, 2.24) is 5.32 Å². The summed E-state index contributed by atoms with van der Waals surface area (Å²) in [6.07, 6.45) is 4.42. The molecule has 2 rings (SSSR count). The molecule has 0 saturated carbocycles. The molecule has 1 aliphatic rings. The molecule has 1 aromatic carbocycles. The van der Waals surface area contributed by atoms with E-state index in [1.54, 1.807) is 24.3 Å². The SMILES string of the molecule is O=C(CCC1=CCCNC1)Oc1ccc(Cl)cc1. The Labute approximate surface area is 112 Å². The molecule has 0 saturated heterocycles. The van der Waals surface area contributed by atoms with E-state index in [0.717, 1.165) is 25.9 Å². The van der Waals surface area contributed by atoms with Crippen molar-refractivity contribution in [1.29, 1.82) is 0 Å². The Bertz CT molecular complexity index is 440. The van der Waals surface area contributed by atoms with Gasteiger partial charge in [0.1, 0.15) is 5.75 Å². The van der Waals surface area contributed by atoms with Crippen LogP contribution in [0.15, 0.2) is 35.9 Å². The molecule has 1 heterocycles. The van der Waals surface area contributed by atoms with Crippen LogP contribution < -0.4 is 10.1 Å². The van der Waals surface area contributed by atoms with E-state index >= 15 is 0 Å². The number of halogens is 1. The Hall–Kier alpha value is -1.32. The second-order valence-corrected chi connectivity index (χ2v) is 4.69. The van der Waals surface area contributed by atoms with Crippen LogP contribution in [0.3, 0.4) is 0 Å². The number of esters is 1. The van der Waals surface area contributed by atoms with Crippen LogP contribution in [0.1, 0.15) is 19.3 Å². The van der Waals surface area contributed by atoms with Crippen molar-refractivity contribution in [2.24, 2.45) is 0 Å². The van der Waals surface area contributed by atoms with Crippen molar-refractivity contribution in [3.8, 4) is 5.75 Å². The topological polar surface area (TPSA) is 38.3 Å². The molecule has 0 fully saturated rings. The van der Waals surface area contributed by atoms with Gasteiger partial charge in [0.25, 0.3) is 0 Å². The monoisotopic (exact) mass is 265 g/mol. The van der Waals surface area contributed by atoms with Crippen molar-refractivity contribution in [3.05, 3.63) is 40.9 Å². The molecule has 1 aliphatic heterocycles. The van der Waals surface area contributed by atoms with Gasteiger partial charge in [-0.05, 0) is 43.7 Å². The van der Waals surface area contributed by atoms with Crippen LogP contribution in [0.2, 0.25) is 5.02 Å². The number of carbonyl (C=O) groups excluding carboxylic acids is 1. The Balaban J connectivity index is 1.78. The van der Waals surface area contributed by atoms with Gasteiger partial charge in [-0.2, -0.15) is 0 Å². The van der Waals surface area contributed by atoms with Gasteiger partial charge in [0.05, 0.1) is 0 Å². The Morgan fingerprint density at radius 3 is 2.78 bits per heavy atom. The van der Waals surface area contributed by atoms with Gasteiger partial charge in [-0.1, -0.05) is 23.3 Å². The Kier molecular flexibility index (Phi) is 4.79. The van der Waals surface area contributed by atoms with Crippen molar-refractivity contribution in [2.45, 2.75) is 19.3 Å². The molecule has 3 nitrogen and oxygen atoms in total. The van der Waals surface area contributed by atoms with Crippen molar-refractivity contribution in [2.75, 3.05) is 13.1 Å². The van der Waals surface area contributed by atoms with Crippen LogP contribution in [-0.4, -0.2) is 19.1 Å². The van der Waals surface area contributed by atoms with Crippen LogP contribution in [0, 0.1) is 0 Å². The van der Waals surface area contributed by atoms with Gasteiger partial charge in [0, 0.05) is 18.0 Å². The molecule has 1 N–H and O–H groups in total. The minimum absolute atomic E-state index is 0.205. The van der Waals surface area contributed by atoms with Gasteiger partial charge in [0.15, 0.2) is 0 Å². The maximum atomic E-state index is 11.6. The third kappa shape index (κ3) is 4.17. The average Bonchev–Trinajstić information content (AvgIpc) is 2.40. The van der Waals surface area contributed by atoms with Crippen molar-refractivity contribution in [3.63, 3.8) is 0 Å². The summed E-state index contributed by atoms with van der Waals surface area (Å²) in [4.78, 5) is 11.6. The first kappa shape index (κ1) is 13.1. The number of benzene rings is 1. The maximum absolute atomic E-state index is 11.6. The van der Waals surface area contributed by atoms with E-state index in [-0.39, 0.29) is 5.97 Å². The molecule has 0 bridgehead atoms. The molecule has 96 valence electrons. The molecule has 0 unspecified atom stereocenters. The fourth-order valence-corrected chi connectivity index (χ4v) is 1.96. The second-order valence-electron chi connectivity index (χ2n) is 4.26.